The van der Waals surface area contributed by atoms with Crippen LogP contribution in [-0.4, -0.2) is 27.9 Å². The second kappa shape index (κ2) is 9.70. The first-order chi connectivity index (χ1) is 11.7. The SMILES string of the molecule is CCOCCn1c(C)cc(Oc2ccccc2)cccnc1CO. The number of para-hydroxylation sites is 1. The summed E-state index contributed by atoms with van der Waals surface area (Å²) >= 11 is 0. The average Bonchev–Trinajstić information content (AvgIpc) is 2.66. The quantitative estimate of drug-likeness (QED) is 0.789. The van der Waals surface area contributed by atoms with Crippen molar-refractivity contribution in [3.63, 3.8) is 0 Å². The lowest BCUT2D eigenvalue weighted by molar-refractivity contribution is 0.135. The Morgan fingerprint density at radius 1 is 1.08 bits per heavy atom. The highest BCUT2D eigenvalue weighted by Gasteiger charge is 2.03. The fraction of sp³-hybridized carbons (Fsp3) is 0.316. The van der Waals surface area contributed by atoms with Crippen LogP contribution in [0.5, 0.6) is 11.5 Å². The predicted octanol–water partition coefficient (Wildman–Crippen LogP) is 3.64. The molecular formula is C19H24N2O3. The number of aromatic nitrogens is 2. The molecule has 5 heteroatoms. The van der Waals surface area contributed by atoms with Crippen molar-refractivity contribution in [2.45, 2.75) is 27.0 Å². The van der Waals surface area contributed by atoms with Gasteiger partial charge >= 0.3 is 0 Å². The molecule has 24 heavy (non-hydrogen) atoms. The van der Waals surface area contributed by atoms with Gasteiger partial charge in [-0.05, 0) is 38.1 Å². The Morgan fingerprint density at radius 2 is 1.83 bits per heavy atom. The number of nitrogens with zero attached hydrogens (tertiary/aromatic N) is 2. The van der Waals surface area contributed by atoms with E-state index in [1.165, 1.54) is 0 Å². The van der Waals surface area contributed by atoms with Gasteiger partial charge in [0, 0.05) is 31.1 Å². The first kappa shape index (κ1) is 18.0. The minimum Gasteiger partial charge on any atom is -0.457 e. The normalized spacial score (nSPS) is 10.3. The Morgan fingerprint density at radius 3 is 2.54 bits per heavy atom. The number of hydrogen-bond acceptors (Lipinski definition) is 4. The third-order valence-electron chi connectivity index (χ3n) is 3.44. The molecule has 0 fully saturated rings. The molecule has 1 heterocycles. The molecule has 0 unspecified atom stereocenters. The van der Waals surface area contributed by atoms with Gasteiger partial charge in [-0.25, -0.2) is 4.98 Å². The topological polar surface area (TPSA) is 56.5 Å². The fourth-order valence-electron chi connectivity index (χ4n) is 2.29. The van der Waals surface area contributed by atoms with Crippen molar-refractivity contribution in [3.8, 4) is 11.5 Å². The van der Waals surface area contributed by atoms with Crippen molar-refractivity contribution in [3.05, 3.63) is 66.2 Å². The van der Waals surface area contributed by atoms with Gasteiger partial charge in [0.15, 0.2) is 0 Å². The standard InChI is InChI=1S/C19H24N2O3/c1-3-23-13-12-21-16(2)14-18(10-7-11-20-19(21)15-22)24-17-8-5-4-6-9-17/h4-11,14,22H,3,12-13,15H2,1-2H3. The molecule has 0 amide bonds. The third kappa shape index (κ3) is 5.37. The first-order valence-corrected chi connectivity index (χ1v) is 8.05. The summed E-state index contributed by atoms with van der Waals surface area (Å²) in [5.74, 6) is 2.05. The van der Waals surface area contributed by atoms with Crippen molar-refractivity contribution in [1.82, 2.24) is 9.55 Å². The van der Waals surface area contributed by atoms with Crippen LogP contribution in [0.2, 0.25) is 0 Å². The monoisotopic (exact) mass is 328 g/mol. The molecule has 0 aliphatic rings. The molecule has 128 valence electrons. The van der Waals surface area contributed by atoms with Gasteiger partial charge in [0.2, 0.25) is 0 Å². The predicted molar refractivity (Wildman–Crippen MR) is 93.5 cm³/mol. The van der Waals surface area contributed by atoms with E-state index in [1.54, 1.807) is 12.3 Å². The fourth-order valence-corrected chi connectivity index (χ4v) is 2.29. The first-order valence-electron chi connectivity index (χ1n) is 8.05. The Bertz CT molecular complexity index is 682. The van der Waals surface area contributed by atoms with Crippen LogP contribution in [-0.2, 0) is 17.9 Å². The van der Waals surface area contributed by atoms with Gasteiger partial charge in [0.05, 0.1) is 6.61 Å². The third-order valence-corrected chi connectivity index (χ3v) is 3.44. The number of hydrogen-bond donors (Lipinski definition) is 1. The molecule has 0 radical (unpaired) electrons. The molecular weight excluding hydrogens is 304 g/mol. The van der Waals surface area contributed by atoms with Crippen LogP contribution in [0.3, 0.4) is 0 Å². The average molecular weight is 328 g/mol. The lowest BCUT2D eigenvalue weighted by Crippen LogP contribution is -2.13. The molecule has 0 aliphatic heterocycles. The van der Waals surface area contributed by atoms with Crippen LogP contribution >= 0.6 is 0 Å². The van der Waals surface area contributed by atoms with Crippen LogP contribution in [0.1, 0.15) is 18.4 Å². The number of aryl methyl sites for hydroxylation is 1. The van der Waals surface area contributed by atoms with Crippen molar-refractivity contribution in [2.24, 2.45) is 0 Å². The van der Waals surface area contributed by atoms with E-state index in [2.05, 4.69) is 4.98 Å². The van der Waals surface area contributed by atoms with Gasteiger partial charge in [-0.1, -0.05) is 18.2 Å². The summed E-state index contributed by atoms with van der Waals surface area (Å²) in [5, 5.41) is 9.62. The van der Waals surface area contributed by atoms with E-state index in [0.717, 1.165) is 11.4 Å². The molecule has 2 aromatic rings. The van der Waals surface area contributed by atoms with Crippen molar-refractivity contribution in [2.75, 3.05) is 13.2 Å². The lowest BCUT2D eigenvalue weighted by atomic mass is 10.3. The summed E-state index contributed by atoms with van der Waals surface area (Å²) in [6.07, 6.45) is 1.65. The minimum absolute atomic E-state index is 0.142. The molecule has 0 saturated heterocycles. The highest BCUT2D eigenvalue weighted by atomic mass is 16.5. The van der Waals surface area contributed by atoms with E-state index in [1.807, 2.05) is 60.9 Å². The maximum atomic E-state index is 9.62. The zero-order chi connectivity index (χ0) is 17.2. The molecule has 0 aliphatic carbocycles. The molecule has 5 nitrogen and oxygen atoms in total. The van der Waals surface area contributed by atoms with Crippen molar-refractivity contribution < 1.29 is 14.6 Å². The maximum absolute atomic E-state index is 9.62. The Labute approximate surface area is 142 Å². The summed E-state index contributed by atoms with van der Waals surface area (Å²) in [5.41, 5.74) is 0.924. The number of ether oxygens (including phenoxy) is 2. The molecule has 0 spiro atoms. The molecule has 0 bridgehead atoms. The molecule has 2 rings (SSSR count). The van der Waals surface area contributed by atoms with Crippen molar-refractivity contribution in [1.29, 1.82) is 0 Å². The Hall–Kier alpha value is -2.37. The van der Waals surface area contributed by atoms with E-state index >= 15 is 0 Å². The zero-order valence-corrected chi connectivity index (χ0v) is 14.2. The number of rotatable bonds is 7. The van der Waals surface area contributed by atoms with Gasteiger partial charge in [0.1, 0.15) is 23.9 Å². The number of aliphatic hydroxyl groups is 1. The van der Waals surface area contributed by atoms with E-state index < -0.39 is 0 Å². The second-order valence-electron chi connectivity index (χ2n) is 5.16. The van der Waals surface area contributed by atoms with Gasteiger partial charge < -0.3 is 19.1 Å². The van der Waals surface area contributed by atoms with Crippen LogP contribution in [0.15, 0.2) is 54.7 Å². The number of aliphatic hydroxyl groups excluding tert-OH is 1. The number of benzene rings is 1. The van der Waals surface area contributed by atoms with Gasteiger partial charge in [-0.3, -0.25) is 0 Å². The summed E-state index contributed by atoms with van der Waals surface area (Å²) in [4.78, 5) is 4.33. The second-order valence-corrected chi connectivity index (χ2v) is 5.16. The lowest BCUT2D eigenvalue weighted by Gasteiger charge is -2.13. The van der Waals surface area contributed by atoms with E-state index in [0.29, 0.717) is 31.3 Å². The van der Waals surface area contributed by atoms with Crippen LogP contribution in [0, 0.1) is 6.92 Å². The highest BCUT2D eigenvalue weighted by Crippen LogP contribution is 2.20. The summed E-state index contributed by atoms with van der Waals surface area (Å²) < 4.78 is 13.3. The van der Waals surface area contributed by atoms with Crippen LogP contribution in [0.4, 0.5) is 0 Å². The summed E-state index contributed by atoms with van der Waals surface area (Å²) in [6.45, 7) is 5.61. The highest BCUT2D eigenvalue weighted by molar-refractivity contribution is 5.30. The minimum atomic E-state index is -0.142. The van der Waals surface area contributed by atoms with E-state index in [-0.39, 0.29) is 6.61 Å². The summed E-state index contributed by atoms with van der Waals surface area (Å²) in [7, 11) is 0. The molecule has 1 N–H and O–H groups in total. The van der Waals surface area contributed by atoms with Gasteiger partial charge in [-0.2, -0.15) is 0 Å². The molecule has 1 aromatic heterocycles. The van der Waals surface area contributed by atoms with Gasteiger partial charge in [0.25, 0.3) is 0 Å². The van der Waals surface area contributed by atoms with Gasteiger partial charge in [-0.15, -0.1) is 0 Å². The zero-order valence-electron chi connectivity index (χ0n) is 14.2. The molecule has 1 aromatic carbocycles. The van der Waals surface area contributed by atoms with Crippen molar-refractivity contribution >= 4 is 0 Å². The Kier molecular flexibility index (Phi) is 7.26. The largest absolute Gasteiger partial charge is 0.457 e. The Balaban J connectivity index is 2.40. The van der Waals surface area contributed by atoms with E-state index in [9.17, 15) is 5.11 Å². The molecule has 0 saturated carbocycles. The maximum Gasteiger partial charge on any atom is 0.134 e. The summed E-state index contributed by atoms with van der Waals surface area (Å²) in [6, 6.07) is 15.2. The smallest absolute Gasteiger partial charge is 0.134 e. The molecule has 0 atom stereocenters. The van der Waals surface area contributed by atoms with Crippen LogP contribution < -0.4 is 4.74 Å². The van der Waals surface area contributed by atoms with Crippen LogP contribution in [0.25, 0.3) is 0 Å². The van der Waals surface area contributed by atoms with E-state index in [4.69, 9.17) is 9.47 Å².